The molecule has 2 nitrogen and oxygen atoms in total. The van der Waals surface area contributed by atoms with Gasteiger partial charge in [-0.1, -0.05) is 23.2 Å². The van der Waals surface area contributed by atoms with E-state index in [1.807, 2.05) is 6.92 Å². The zero-order valence-corrected chi connectivity index (χ0v) is 11.6. The summed E-state index contributed by atoms with van der Waals surface area (Å²) in [7, 11) is 0. The van der Waals surface area contributed by atoms with Crippen molar-refractivity contribution in [1.82, 2.24) is 0 Å². The Morgan fingerprint density at radius 3 is 2.41 bits per heavy atom. The molecule has 5 heteroatoms. The van der Waals surface area contributed by atoms with Crippen LogP contribution in [0.5, 0.6) is 0 Å². The van der Waals surface area contributed by atoms with Crippen LogP contribution >= 0.6 is 34.8 Å². The van der Waals surface area contributed by atoms with Gasteiger partial charge >= 0.3 is 0 Å². The number of amides is 1. The lowest BCUT2D eigenvalue weighted by Crippen LogP contribution is -2.24. The van der Waals surface area contributed by atoms with Crippen LogP contribution < -0.4 is 4.90 Å². The fourth-order valence-corrected chi connectivity index (χ4v) is 2.60. The predicted octanol–water partition coefficient (Wildman–Crippen LogP) is 3.89. The molecule has 1 unspecified atom stereocenters. The lowest BCUT2D eigenvalue weighted by Gasteiger charge is -2.18. The Balaban J connectivity index is 2.32. The highest BCUT2D eigenvalue weighted by Gasteiger charge is 2.30. The van der Waals surface area contributed by atoms with E-state index in [2.05, 4.69) is 0 Å². The molecule has 0 aromatic heterocycles. The topological polar surface area (TPSA) is 20.3 Å². The Morgan fingerprint density at radius 1 is 1.35 bits per heavy atom. The Labute approximate surface area is 115 Å². The summed E-state index contributed by atoms with van der Waals surface area (Å²) in [4.78, 5) is 13.5. The fourth-order valence-electron chi connectivity index (χ4n) is 1.92. The lowest BCUT2D eigenvalue weighted by molar-refractivity contribution is -0.117. The Bertz CT molecular complexity index is 438. The molecule has 1 aromatic carbocycles. The smallest absolute Gasteiger partial charge is 0.227 e. The Morgan fingerprint density at radius 2 is 1.94 bits per heavy atom. The van der Waals surface area contributed by atoms with E-state index in [4.69, 9.17) is 34.8 Å². The van der Waals surface area contributed by atoms with Gasteiger partial charge in [-0.25, -0.2) is 0 Å². The Kier molecular flexibility index (Phi) is 3.86. The van der Waals surface area contributed by atoms with Gasteiger partial charge in [0.05, 0.1) is 0 Å². The molecule has 1 aliphatic heterocycles. The van der Waals surface area contributed by atoms with E-state index in [-0.39, 0.29) is 11.8 Å². The van der Waals surface area contributed by atoms with Crippen molar-refractivity contribution in [3.63, 3.8) is 0 Å². The molecule has 17 heavy (non-hydrogen) atoms. The molecule has 1 saturated heterocycles. The third kappa shape index (κ3) is 2.54. The van der Waals surface area contributed by atoms with Gasteiger partial charge in [0.2, 0.25) is 5.91 Å². The summed E-state index contributed by atoms with van der Waals surface area (Å²) in [6.45, 7) is 2.49. The fraction of sp³-hybridized carbons (Fsp3) is 0.417. The highest BCUT2D eigenvalue weighted by molar-refractivity contribution is 6.36. The molecule has 1 heterocycles. The second-order valence-corrected chi connectivity index (χ2v) is 5.39. The van der Waals surface area contributed by atoms with E-state index < -0.39 is 0 Å². The molecule has 1 aromatic rings. The molecule has 0 aliphatic carbocycles. The summed E-state index contributed by atoms with van der Waals surface area (Å²) in [5.41, 5.74) is 1.58. The average Bonchev–Trinajstić information content (AvgIpc) is 2.67. The molecule has 2 rings (SSSR count). The van der Waals surface area contributed by atoms with Crippen molar-refractivity contribution in [2.45, 2.75) is 13.3 Å². The number of carbonyl (C=O) groups excluding carboxylic acids is 1. The van der Waals surface area contributed by atoms with E-state index in [0.29, 0.717) is 28.9 Å². The number of alkyl halides is 1. The SMILES string of the molecule is Cc1c(Cl)cc(N2CC(CCl)CC2=O)cc1Cl. The molecule has 1 amide bonds. The van der Waals surface area contributed by atoms with Gasteiger partial charge in [0.15, 0.2) is 0 Å². The number of benzene rings is 1. The quantitative estimate of drug-likeness (QED) is 0.757. The minimum absolute atomic E-state index is 0.0756. The third-order valence-electron chi connectivity index (χ3n) is 3.00. The average molecular weight is 293 g/mol. The zero-order valence-electron chi connectivity index (χ0n) is 9.34. The van der Waals surface area contributed by atoms with Crippen molar-refractivity contribution < 1.29 is 4.79 Å². The largest absolute Gasteiger partial charge is 0.312 e. The van der Waals surface area contributed by atoms with Gasteiger partial charge in [0.1, 0.15) is 0 Å². The number of hydrogen-bond donors (Lipinski definition) is 0. The summed E-state index contributed by atoms with van der Waals surface area (Å²) >= 11 is 17.9. The first-order valence-corrected chi connectivity index (χ1v) is 6.64. The summed E-state index contributed by atoms with van der Waals surface area (Å²) in [5, 5.41) is 1.16. The van der Waals surface area contributed by atoms with E-state index in [9.17, 15) is 4.79 Å². The normalized spacial score (nSPS) is 20.1. The maximum Gasteiger partial charge on any atom is 0.227 e. The van der Waals surface area contributed by atoms with Gasteiger partial charge in [-0.2, -0.15) is 0 Å². The van der Waals surface area contributed by atoms with E-state index in [0.717, 1.165) is 11.3 Å². The minimum Gasteiger partial charge on any atom is -0.312 e. The molecule has 0 radical (unpaired) electrons. The summed E-state index contributed by atoms with van der Waals surface area (Å²) < 4.78 is 0. The van der Waals surface area contributed by atoms with E-state index >= 15 is 0 Å². The first-order valence-electron chi connectivity index (χ1n) is 5.35. The monoisotopic (exact) mass is 291 g/mol. The van der Waals surface area contributed by atoms with Crippen molar-refractivity contribution in [1.29, 1.82) is 0 Å². The van der Waals surface area contributed by atoms with Crippen molar-refractivity contribution in [3.8, 4) is 0 Å². The number of nitrogens with zero attached hydrogens (tertiary/aromatic N) is 1. The zero-order chi connectivity index (χ0) is 12.6. The van der Waals surface area contributed by atoms with Gasteiger partial charge < -0.3 is 4.90 Å². The summed E-state index contributed by atoms with van der Waals surface area (Å²) in [5.74, 6) is 0.782. The lowest BCUT2D eigenvalue weighted by atomic mass is 10.1. The van der Waals surface area contributed by atoms with Gasteiger partial charge in [-0.3, -0.25) is 4.79 Å². The minimum atomic E-state index is 0.0756. The second-order valence-electron chi connectivity index (χ2n) is 4.26. The molecule has 1 fully saturated rings. The van der Waals surface area contributed by atoms with Crippen LogP contribution in [0, 0.1) is 12.8 Å². The van der Waals surface area contributed by atoms with Crippen LogP contribution in [0.25, 0.3) is 0 Å². The standard InChI is InChI=1S/C12H12Cl3NO/c1-7-10(14)3-9(4-11(7)15)16-6-8(5-13)2-12(16)17/h3-4,8H,2,5-6H2,1H3. The number of carbonyl (C=O) groups is 1. The first-order chi connectivity index (χ1) is 8.02. The van der Waals surface area contributed by atoms with Crippen molar-refractivity contribution >= 4 is 46.4 Å². The van der Waals surface area contributed by atoms with Crippen molar-refractivity contribution in [2.75, 3.05) is 17.3 Å². The summed E-state index contributed by atoms with van der Waals surface area (Å²) in [6.07, 6.45) is 0.493. The Hall–Kier alpha value is -0.440. The molecular weight excluding hydrogens is 280 g/mol. The number of hydrogen-bond acceptors (Lipinski definition) is 1. The number of halogens is 3. The molecule has 0 N–H and O–H groups in total. The molecule has 92 valence electrons. The van der Waals surface area contributed by atoms with Crippen LogP contribution in [0.2, 0.25) is 10.0 Å². The molecule has 1 atom stereocenters. The molecule has 0 saturated carbocycles. The molecule has 0 bridgehead atoms. The van der Waals surface area contributed by atoms with Crippen LogP contribution in [0.15, 0.2) is 12.1 Å². The van der Waals surface area contributed by atoms with Crippen LogP contribution in [0.1, 0.15) is 12.0 Å². The van der Waals surface area contributed by atoms with Gasteiger partial charge in [-0.05, 0) is 30.5 Å². The molecule has 0 spiro atoms. The number of rotatable bonds is 2. The highest BCUT2D eigenvalue weighted by atomic mass is 35.5. The van der Waals surface area contributed by atoms with Gasteiger partial charge in [0.25, 0.3) is 0 Å². The first kappa shape index (κ1) is 13.0. The van der Waals surface area contributed by atoms with E-state index in [1.54, 1.807) is 17.0 Å². The highest BCUT2D eigenvalue weighted by Crippen LogP contribution is 2.33. The maximum atomic E-state index is 11.8. The predicted molar refractivity (Wildman–Crippen MR) is 72.4 cm³/mol. The van der Waals surface area contributed by atoms with E-state index in [1.165, 1.54) is 0 Å². The van der Waals surface area contributed by atoms with Crippen LogP contribution in [-0.2, 0) is 4.79 Å². The molecular formula is C12H12Cl3NO. The van der Waals surface area contributed by atoms with Gasteiger partial charge in [0, 0.05) is 34.6 Å². The maximum absolute atomic E-state index is 11.8. The third-order valence-corrected chi connectivity index (χ3v) is 4.22. The summed E-state index contributed by atoms with van der Waals surface area (Å²) in [6, 6.07) is 3.55. The molecule has 1 aliphatic rings. The van der Waals surface area contributed by atoms with Crippen molar-refractivity contribution in [3.05, 3.63) is 27.7 Å². The van der Waals surface area contributed by atoms with Crippen LogP contribution in [0.4, 0.5) is 5.69 Å². The van der Waals surface area contributed by atoms with Crippen LogP contribution in [0.3, 0.4) is 0 Å². The van der Waals surface area contributed by atoms with Gasteiger partial charge in [-0.15, -0.1) is 11.6 Å². The number of anilines is 1. The van der Waals surface area contributed by atoms with Crippen molar-refractivity contribution in [2.24, 2.45) is 5.92 Å². The second kappa shape index (κ2) is 5.05. The van der Waals surface area contributed by atoms with Crippen LogP contribution in [-0.4, -0.2) is 18.3 Å².